The molecule has 0 bridgehead atoms. The summed E-state index contributed by atoms with van der Waals surface area (Å²) in [6.45, 7) is 0. The first-order valence-electron chi connectivity index (χ1n) is 17.8. The number of fused-ring (bicyclic) bond motifs is 6. The third-order valence-corrected chi connectivity index (χ3v) is 10.5. The number of hydrogen-bond donors (Lipinski definition) is 1. The molecule has 1 aliphatic carbocycles. The van der Waals surface area contributed by atoms with E-state index in [0.29, 0.717) is 0 Å². The lowest BCUT2D eigenvalue weighted by molar-refractivity contribution is 0.669. The number of nitrogens with zero attached hydrogens (tertiary/aromatic N) is 1. The van der Waals surface area contributed by atoms with Gasteiger partial charge in [0.25, 0.3) is 0 Å². The molecule has 0 spiro atoms. The molecular formula is C49H34N2O. The van der Waals surface area contributed by atoms with Gasteiger partial charge in [0, 0.05) is 44.6 Å². The Bertz CT molecular complexity index is 2780. The summed E-state index contributed by atoms with van der Waals surface area (Å²) in [6, 6.07) is 64.6. The molecule has 52 heavy (non-hydrogen) atoms. The van der Waals surface area contributed by atoms with Crippen molar-refractivity contribution in [1.29, 1.82) is 0 Å². The monoisotopic (exact) mass is 666 g/mol. The molecule has 3 heteroatoms. The molecule has 8 aromatic carbocycles. The first-order valence-corrected chi connectivity index (χ1v) is 17.8. The fourth-order valence-corrected chi connectivity index (χ4v) is 8.00. The minimum atomic E-state index is 0.775. The van der Waals surface area contributed by atoms with Crippen molar-refractivity contribution in [2.75, 3.05) is 10.6 Å². The van der Waals surface area contributed by atoms with E-state index in [1.54, 1.807) is 0 Å². The molecule has 10 rings (SSSR count). The minimum Gasteiger partial charge on any atom is -0.456 e. The Kier molecular flexibility index (Phi) is 7.04. The van der Waals surface area contributed by atoms with Crippen LogP contribution in [-0.4, -0.2) is 0 Å². The predicted molar refractivity (Wildman–Crippen MR) is 217 cm³/mol. The van der Waals surface area contributed by atoms with E-state index in [1.807, 2.05) is 18.2 Å². The quantitative estimate of drug-likeness (QED) is 0.180. The van der Waals surface area contributed by atoms with Gasteiger partial charge in [0.1, 0.15) is 11.2 Å². The van der Waals surface area contributed by atoms with E-state index in [-0.39, 0.29) is 0 Å². The number of furan rings is 1. The lowest BCUT2D eigenvalue weighted by Gasteiger charge is -2.27. The Labute approximate surface area is 302 Å². The van der Waals surface area contributed by atoms with Crippen LogP contribution in [-0.2, 0) is 6.42 Å². The van der Waals surface area contributed by atoms with Crippen molar-refractivity contribution >= 4 is 44.7 Å². The van der Waals surface area contributed by atoms with E-state index >= 15 is 0 Å². The summed E-state index contributed by atoms with van der Waals surface area (Å²) in [7, 11) is 0. The molecule has 9 aromatic rings. The van der Waals surface area contributed by atoms with Gasteiger partial charge in [0.15, 0.2) is 0 Å². The molecule has 1 heterocycles. The summed E-state index contributed by atoms with van der Waals surface area (Å²) in [4.78, 5) is 2.36. The molecule has 0 saturated carbocycles. The largest absolute Gasteiger partial charge is 0.456 e. The van der Waals surface area contributed by atoms with Crippen molar-refractivity contribution in [1.82, 2.24) is 0 Å². The highest BCUT2D eigenvalue weighted by Crippen LogP contribution is 2.45. The van der Waals surface area contributed by atoms with E-state index in [0.717, 1.165) is 84.5 Å². The van der Waals surface area contributed by atoms with Crippen LogP contribution in [0.3, 0.4) is 0 Å². The van der Waals surface area contributed by atoms with Crippen LogP contribution in [0.1, 0.15) is 11.1 Å². The molecule has 0 radical (unpaired) electrons. The third-order valence-electron chi connectivity index (χ3n) is 10.5. The fraction of sp³-hybridized carbons (Fsp3) is 0.0204. The maximum atomic E-state index is 6.92. The summed E-state index contributed by atoms with van der Waals surface area (Å²) in [5, 5.41) is 2.27. The molecular weight excluding hydrogens is 633 g/mol. The average molecular weight is 667 g/mol. The molecule has 1 aliphatic rings. The van der Waals surface area contributed by atoms with Gasteiger partial charge < -0.3 is 15.1 Å². The second-order valence-corrected chi connectivity index (χ2v) is 13.5. The Hall–Kier alpha value is -6.84. The lowest BCUT2D eigenvalue weighted by atomic mass is 9.95. The lowest BCUT2D eigenvalue weighted by Crippen LogP contribution is -2.10. The zero-order valence-electron chi connectivity index (χ0n) is 28.5. The molecule has 0 unspecified atom stereocenters. The van der Waals surface area contributed by atoms with Crippen LogP contribution in [0, 0.1) is 0 Å². The Morgan fingerprint density at radius 3 is 1.88 bits per heavy atom. The van der Waals surface area contributed by atoms with E-state index in [4.69, 9.17) is 10.2 Å². The van der Waals surface area contributed by atoms with Crippen LogP contribution in [0.25, 0.3) is 66.4 Å². The van der Waals surface area contributed by atoms with Gasteiger partial charge in [-0.05, 0) is 99.5 Å². The van der Waals surface area contributed by atoms with Gasteiger partial charge >= 0.3 is 0 Å². The van der Waals surface area contributed by atoms with E-state index in [9.17, 15) is 0 Å². The summed E-state index contributed by atoms with van der Waals surface area (Å²) in [5.41, 5.74) is 24.6. The highest BCUT2D eigenvalue weighted by molar-refractivity contribution is 6.12. The molecule has 2 N–H and O–H groups in total. The molecule has 3 nitrogen and oxygen atoms in total. The fourth-order valence-electron chi connectivity index (χ4n) is 8.00. The van der Waals surface area contributed by atoms with Crippen molar-refractivity contribution in [3.05, 3.63) is 193 Å². The zero-order valence-corrected chi connectivity index (χ0v) is 28.5. The predicted octanol–water partition coefficient (Wildman–Crippen LogP) is 13.2. The molecule has 0 amide bonds. The molecule has 246 valence electrons. The highest BCUT2D eigenvalue weighted by Gasteiger charge is 2.22. The second kappa shape index (κ2) is 12.2. The number of nitrogen functional groups attached to an aromatic ring is 1. The number of para-hydroxylation sites is 2. The summed E-state index contributed by atoms with van der Waals surface area (Å²) < 4.78 is 6.23. The zero-order chi connectivity index (χ0) is 34.6. The number of nitrogens with two attached hydrogens (primary N) is 1. The smallest absolute Gasteiger partial charge is 0.136 e. The summed E-state index contributed by atoms with van der Waals surface area (Å²) >= 11 is 0. The number of anilines is 4. The molecule has 0 atom stereocenters. The van der Waals surface area contributed by atoms with Crippen LogP contribution in [0.2, 0.25) is 0 Å². The summed E-state index contributed by atoms with van der Waals surface area (Å²) in [5.74, 6) is 0. The van der Waals surface area contributed by atoms with Crippen LogP contribution in [0.15, 0.2) is 186 Å². The Morgan fingerprint density at radius 2 is 1.00 bits per heavy atom. The van der Waals surface area contributed by atoms with Crippen molar-refractivity contribution < 1.29 is 4.42 Å². The number of hydrogen-bond acceptors (Lipinski definition) is 3. The van der Waals surface area contributed by atoms with Gasteiger partial charge in [0.2, 0.25) is 0 Å². The topological polar surface area (TPSA) is 42.4 Å². The Morgan fingerprint density at radius 1 is 0.404 bits per heavy atom. The normalized spacial score (nSPS) is 11.8. The van der Waals surface area contributed by atoms with Gasteiger partial charge in [-0.1, -0.05) is 133 Å². The van der Waals surface area contributed by atoms with Gasteiger partial charge in [-0.15, -0.1) is 0 Å². The number of benzene rings is 8. The Balaban J connectivity index is 1.11. The first-order chi connectivity index (χ1) is 25.7. The van der Waals surface area contributed by atoms with E-state index in [2.05, 4.69) is 169 Å². The highest BCUT2D eigenvalue weighted by atomic mass is 16.3. The second-order valence-electron chi connectivity index (χ2n) is 13.5. The van der Waals surface area contributed by atoms with Crippen molar-refractivity contribution in [2.45, 2.75) is 6.42 Å². The molecule has 1 aromatic heterocycles. The van der Waals surface area contributed by atoms with Crippen LogP contribution in [0.5, 0.6) is 0 Å². The molecule has 0 aliphatic heterocycles. The molecule has 0 fully saturated rings. The van der Waals surface area contributed by atoms with E-state index in [1.165, 1.54) is 22.3 Å². The van der Waals surface area contributed by atoms with Gasteiger partial charge in [-0.2, -0.15) is 0 Å². The summed E-state index contributed by atoms with van der Waals surface area (Å²) in [6.07, 6.45) is 0.960. The van der Waals surface area contributed by atoms with Crippen LogP contribution < -0.4 is 10.6 Å². The average Bonchev–Trinajstić information content (AvgIpc) is 3.77. The van der Waals surface area contributed by atoms with Crippen LogP contribution in [0.4, 0.5) is 22.7 Å². The third kappa shape index (κ3) is 4.98. The maximum absolute atomic E-state index is 6.92. The molecule has 0 saturated heterocycles. The standard InChI is InChI=1S/C49H34N2O/c50-49-42(32-11-2-1-3-12-32)19-9-20-43(49)35-14-8-15-38(30-35)51(39-28-25-36-29-34-13-4-5-16-40(34)45(36)31-39)37-26-23-33(24-27-37)41-18-10-22-47-48(41)44-17-6-7-21-46(44)52-47/h1-28,30-31H,29,50H2. The van der Waals surface area contributed by atoms with Crippen molar-refractivity contribution in [3.63, 3.8) is 0 Å². The number of rotatable bonds is 6. The maximum Gasteiger partial charge on any atom is 0.136 e. The van der Waals surface area contributed by atoms with Gasteiger partial charge in [-0.25, -0.2) is 0 Å². The van der Waals surface area contributed by atoms with Crippen molar-refractivity contribution in [3.8, 4) is 44.5 Å². The minimum absolute atomic E-state index is 0.775. The van der Waals surface area contributed by atoms with Crippen LogP contribution >= 0.6 is 0 Å². The van der Waals surface area contributed by atoms with Crippen molar-refractivity contribution in [2.24, 2.45) is 0 Å². The first kappa shape index (κ1) is 30.0. The van der Waals surface area contributed by atoms with Gasteiger partial charge in [-0.3, -0.25) is 0 Å². The SMILES string of the molecule is Nc1c(-c2ccccc2)cccc1-c1cccc(N(c2ccc(-c3cccc4oc5ccccc5c34)cc2)c2ccc3c(c2)-c2ccccc2C3)c1. The van der Waals surface area contributed by atoms with Gasteiger partial charge in [0.05, 0.1) is 0 Å². The van der Waals surface area contributed by atoms with E-state index < -0.39 is 0 Å².